The fourth-order valence-electron chi connectivity index (χ4n) is 3.42. The number of anilines is 3. The summed E-state index contributed by atoms with van der Waals surface area (Å²) in [6, 6.07) is 17.5. The normalized spacial score (nSPS) is 13.4. The molecule has 0 unspecified atom stereocenters. The van der Waals surface area contributed by atoms with Crippen LogP contribution in [0.5, 0.6) is 0 Å². The van der Waals surface area contributed by atoms with Crippen molar-refractivity contribution in [1.82, 2.24) is 19.8 Å². The molecule has 0 bridgehead atoms. The van der Waals surface area contributed by atoms with Crippen LogP contribution >= 0.6 is 11.9 Å². The van der Waals surface area contributed by atoms with Gasteiger partial charge in [-0.1, -0.05) is 24.1 Å². The van der Waals surface area contributed by atoms with Gasteiger partial charge in [-0.05, 0) is 56.4 Å². The monoisotopic (exact) mass is 478 g/mol. The minimum Gasteiger partial charge on any atom is -0.336 e. The van der Waals surface area contributed by atoms with Gasteiger partial charge in [-0.2, -0.15) is 0 Å². The number of amides is 1. The highest BCUT2D eigenvalue weighted by molar-refractivity contribution is 7.99. The van der Waals surface area contributed by atoms with Crippen molar-refractivity contribution in [3.05, 3.63) is 66.4 Å². The molecule has 2 aromatic carbocycles. The molecule has 1 amide bonds. The summed E-state index contributed by atoms with van der Waals surface area (Å²) in [7, 11) is 2.08. The van der Waals surface area contributed by atoms with Crippen LogP contribution in [0.15, 0.2) is 60.8 Å². The highest BCUT2D eigenvalue weighted by Crippen LogP contribution is 2.22. The molecule has 0 saturated carbocycles. The van der Waals surface area contributed by atoms with Gasteiger partial charge in [0.05, 0.1) is 5.69 Å². The maximum absolute atomic E-state index is 12.7. The van der Waals surface area contributed by atoms with E-state index in [1.807, 2.05) is 65.8 Å². The van der Waals surface area contributed by atoms with Gasteiger partial charge >= 0.3 is 0 Å². The minimum atomic E-state index is 0.0808. The molecule has 1 saturated heterocycles. The zero-order valence-corrected chi connectivity index (χ0v) is 20.5. The predicted molar refractivity (Wildman–Crippen MR) is 139 cm³/mol. The minimum absolute atomic E-state index is 0.0808. The Morgan fingerprint density at radius 1 is 0.971 bits per heavy atom. The van der Waals surface area contributed by atoms with Gasteiger partial charge in [0.25, 0.3) is 5.91 Å². The Morgan fingerprint density at radius 3 is 2.21 bits per heavy atom. The maximum Gasteiger partial charge on any atom is 0.253 e. The van der Waals surface area contributed by atoms with E-state index in [0.29, 0.717) is 11.5 Å². The first-order valence-corrected chi connectivity index (χ1v) is 12.2. The molecule has 3 aromatic rings. The average molecular weight is 479 g/mol. The number of likely N-dealkylation sites (N-methyl/N-ethyl adjacent to an activating group) is 1. The van der Waals surface area contributed by atoms with Crippen LogP contribution < -0.4 is 10.0 Å². The number of carbonyl (C=O) groups excluding carboxylic acids is 2. The van der Waals surface area contributed by atoms with Crippen LogP contribution in [0.2, 0.25) is 0 Å². The molecule has 0 atom stereocenters. The van der Waals surface area contributed by atoms with Gasteiger partial charge in [-0.3, -0.25) is 4.79 Å². The van der Waals surface area contributed by atoms with E-state index in [9.17, 15) is 4.79 Å². The van der Waals surface area contributed by atoms with Crippen molar-refractivity contribution in [1.29, 1.82) is 0 Å². The van der Waals surface area contributed by atoms with Crippen molar-refractivity contribution in [2.24, 2.45) is 0 Å². The van der Waals surface area contributed by atoms with Crippen LogP contribution in [-0.2, 0) is 4.79 Å². The molecule has 8 nitrogen and oxygen atoms in total. The third-order valence-electron chi connectivity index (χ3n) is 5.23. The van der Waals surface area contributed by atoms with E-state index in [0.717, 1.165) is 55.1 Å². The molecule has 0 radical (unpaired) electrons. The topological polar surface area (TPSA) is 90.5 Å². The van der Waals surface area contributed by atoms with Gasteiger partial charge in [0.1, 0.15) is 6.29 Å². The molecule has 34 heavy (non-hydrogen) atoms. The Kier molecular flexibility index (Phi) is 9.42. The zero-order valence-electron chi connectivity index (χ0n) is 19.7. The summed E-state index contributed by atoms with van der Waals surface area (Å²) in [6.45, 7) is 4.81. The molecule has 2 N–H and O–H groups in total. The molecular weight excluding hydrogens is 448 g/mol. The van der Waals surface area contributed by atoms with Gasteiger partial charge in [0.15, 0.2) is 0 Å². The highest BCUT2D eigenvalue weighted by atomic mass is 32.2. The molecule has 4 rings (SSSR count). The van der Waals surface area contributed by atoms with E-state index in [2.05, 4.69) is 32.0 Å². The van der Waals surface area contributed by atoms with Crippen LogP contribution in [0.3, 0.4) is 0 Å². The number of aldehydes is 1. The van der Waals surface area contributed by atoms with Crippen molar-refractivity contribution in [2.45, 2.75) is 6.92 Å². The van der Waals surface area contributed by atoms with Crippen molar-refractivity contribution < 1.29 is 9.59 Å². The molecule has 1 fully saturated rings. The summed E-state index contributed by atoms with van der Waals surface area (Å²) in [4.78, 5) is 34.6. The standard InChI is InChI=1S/C23H26N6OS.C2H4O/c1-28-13-15-29(16-14-28)22(30)18-5-7-19(8-6-18)25-23-24-12-11-21(26-23)17-3-9-20(10-4-17)27-31-2;1-2-3/h3-12,27H,13-16H2,1-2H3,(H,24,25,26);2H,1H3. The average Bonchev–Trinajstić information content (AvgIpc) is 2.86. The van der Waals surface area contributed by atoms with E-state index >= 15 is 0 Å². The molecule has 1 aliphatic heterocycles. The Labute approximate surface area is 204 Å². The van der Waals surface area contributed by atoms with Crippen molar-refractivity contribution >= 4 is 41.5 Å². The van der Waals surface area contributed by atoms with Gasteiger partial charge in [-0.15, -0.1) is 0 Å². The molecule has 0 aliphatic carbocycles. The fourth-order valence-corrected chi connectivity index (χ4v) is 3.80. The number of carbonyl (C=O) groups is 2. The van der Waals surface area contributed by atoms with Gasteiger partial charge in [0, 0.05) is 61.1 Å². The lowest BCUT2D eigenvalue weighted by Gasteiger charge is -2.32. The fraction of sp³-hybridized carbons (Fsp3) is 0.280. The summed E-state index contributed by atoms with van der Waals surface area (Å²) in [5.74, 6) is 0.597. The SMILES string of the molecule is CC=O.CSNc1ccc(-c2ccnc(Nc3ccc(C(=O)N4CCN(C)CC4)cc3)n2)cc1. The molecule has 178 valence electrons. The summed E-state index contributed by atoms with van der Waals surface area (Å²) in [6.07, 6.45) is 4.48. The second kappa shape index (κ2) is 12.7. The third kappa shape index (κ3) is 7.03. The molecule has 1 aliphatic rings. The number of hydrogen-bond donors (Lipinski definition) is 2. The Hall–Kier alpha value is -3.43. The number of aromatic nitrogens is 2. The van der Waals surface area contributed by atoms with Crippen molar-refractivity contribution in [3.8, 4) is 11.3 Å². The quantitative estimate of drug-likeness (QED) is 0.403. The van der Waals surface area contributed by atoms with Crippen LogP contribution in [0.4, 0.5) is 17.3 Å². The third-order valence-corrected chi connectivity index (χ3v) is 5.67. The first-order chi connectivity index (χ1) is 16.5. The summed E-state index contributed by atoms with van der Waals surface area (Å²) in [5.41, 5.74) is 4.45. The number of hydrogen-bond acceptors (Lipinski definition) is 8. The summed E-state index contributed by atoms with van der Waals surface area (Å²) < 4.78 is 3.21. The Bertz CT molecular complexity index is 1070. The van der Waals surface area contributed by atoms with E-state index in [1.165, 1.54) is 6.92 Å². The number of piperazine rings is 1. The maximum atomic E-state index is 12.7. The molecule has 0 spiro atoms. The lowest BCUT2D eigenvalue weighted by Crippen LogP contribution is -2.47. The number of nitrogens with zero attached hydrogens (tertiary/aromatic N) is 4. The molecule has 9 heteroatoms. The van der Waals surface area contributed by atoms with E-state index < -0.39 is 0 Å². The zero-order chi connectivity index (χ0) is 24.3. The van der Waals surface area contributed by atoms with Gasteiger partial charge < -0.3 is 24.6 Å². The van der Waals surface area contributed by atoms with Crippen LogP contribution in [0, 0.1) is 0 Å². The van der Waals surface area contributed by atoms with E-state index in [-0.39, 0.29) is 5.91 Å². The smallest absolute Gasteiger partial charge is 0.253 e. The largest absolute Gasteiger partial charge is 0.336 e. The highest BCUT2D eigenvalue weighted by Gasteiger charge is 2.20. The predicted octanol–water partition coefficient (Wildman–Crippen LogP) is 4.17. The second-order valence-electron chi connectivity index (χ2n) is 7.68. The number of rotatable bonds is 6. The first kappa shape index (κ1) is 25.2. The first-order valence-electron chi connectivity index (χ1n) is 11.0. The second-order valence-corrected chi connectivity index (χ2v) is 8.29. The summed E-state index contributed by atoms with van der Waals surface area (Å²) in [5, 5.41) is 3.23. The lowest BCUT2D eigenvalue weighted by atomic mass is 10.1. The molecular formula is C25H30N6O2S. The number of nitrogens with one attached hydrogen (secondary N) is 2. The van der Waals surface area contributed by atoms with Crippen LogP contribution in [0.1, 0.15) is 17.3 Å². The lowest BCUT2D eigenvalue weighted by molar-refractivity contribution is -0.106. The number of benzene rings is 2. The van der Waals surface area contributed by atoms with E-state index in [4.69, 9.17) is 4.79 Å². The van der Waals surface area contributed by atoms with E-state index in [1.54, 1.807) is 18.1 Å². The Morgan fingerprint density at radius 2 is 1.59 bits per heavy atom. The Balaban J connectivity index is 0.00000103. The van der Waals surface area contributed by atoms with Crippen molar-refractivity contribution in [2.75, 3.05) is 49.5 Å². The molecule has 1 aromatic heterocycles. The molecule has 2 heterocycles. The van der Waals surface area contributed by atoms with Gasteiger partial charge in [0.2, 0.25) is 5.95 Å². The summed E-state index contributed by atoms with van der Waals surface area (Å²) >= 11 is 1.56. The van der Waals surface area contributed by atoms with Crippen molar-refractivity contribution in [3.63, 3.8) is 0 Å². The van der Waals surface area contributed by atoms with Crippen LogP contribution in [-0.4, -0.2) is 71.4 Å². The van der Waals surface area contributed by atoms with Crippen LogP contribution in [0.25, 0.3) is 11.3 Å². The van der Waals surface area contributed by atoms with Gasteiger partial charge in [-0.25, -0.2) is 9.97 Å².